The zero-order valence-electron chi connectivity index (χ0n) is 12.9. The van der Waals surface area contributed by atoms with E-state index in [-0.39, 0.29) is 11.5 Å². The van der Waals surface area contributed by atoms with E-state index < -0.39 is 5.97 Å². The van der Waals surface area contributed by atoms with Crippen LogP contribution in [-0.4, -0.2) is 26.8 Å². The SMILES string of the molecule is Cc1ccc(C(=O)O)cc1NC(=O)c1cnn(-c2ccccc2)c1. The Morgan fingerprint density at radius 1 is 1.08 bits per heavy atom. The second-order valence-electron chi connectivity index (χ2n) is 5.30. The highest BCUT2D eigenvalue weighted by Gasteiger charge is 2.13. The molecule has 0 aliphatic carbocycles. The van der Waals surface area contributed by atoms with Crippen LogP contribution in [0, 0.1) is 6.92 Å². The van der Waals surface area contributed by atoms with Crippen molar-refractivity contribution in [1.29, 1.82) is 0 Å². The highest BCUT2D eigenvalue weighted by atomic mass is 16.4. The molecule has 0 aliphatic rings. The number of amides is 1. The Hall–Kier alpha value is -3.41. The molecule has 1 aromatic heterocycles. The third-order valence-corrected chi connectivity index (χ3v) is 3.60. The molecule has 0 atom stereocenters. The first kappa shape index (κ1) is 15.5. The van der Waals surface area contributed by atoms with Gasteiger partial charge in [0, 0.05) is 11.9 Å². The Balaban J connectivity index is 1.82. The molecule has 24 heavy (non-hydrogen) atoms. The van der Waals surface area contributed by atoms with E-state index in [0.29, 0.717) is 11.3 Å². The fraction of sp³-hybridized carbons (Fsp3) is 0.0556. The van der Waals surface area contributed by atoms with Gasteiger partial charge in [0.2, 0.25) is 0 Å². The number of aromatic nitrogens is 2. The number of nitrogens with zero attached hydrogens (tertiary/aromatic N) is 2. The molecule has 3 aromatic rings. The number of carbonyl (C=O) groups excluding carboxylic acids is 1. The summed E-state index contributed by atoms with van der Waals surface area (Å²) in [5.41, 5.74) is 2.60. The van der Waals surface area contributed by atoms with Gasteiger partial charge in [-0.3, -0.25) is 4.79 Å². The highest BCUT2D eigenvalue weighted by molar-refractivity contribution is 6.05. The van der Waals surface area contributed by atoms with Gasteiger partial charge in [0.15, 0.2) is 0 Å². The average molecular weight is 321 g/mol. The molecule has 0 bridgehead atoms. The number of anilines is 1. The summed E-state index contributed by atoms with van der Waals surface area (Å²) in [5.74, 6) is -1.38. The third-order valence-electron chi connectivity index (χ3n) is 3.60. The van der Waals surface area contributed by atoms with Crippen molar-refractivity contribution in [3.63, 3.8) is 0 Å². The van der Waals surface area contributed by atoms with Gasteiger partial charge in [-0.25, -0.2) is 9.48 Å². The van der Waals surface area contributed by atoms with Crippen LogP contribution in [0.3, 0.4) is 0 Å². The van der Waals surface area contributed by atoms with E-state index in [9.17, 15) is 9.59 Å². The molecule has 1 amide bonds. The Kier molecular flexibility index (Phi) is 4.11. The Morgan fingerprint density at radius 3 is 2.54 bits per heavy atom. The Morgan fingerprint density at radius 2 is 1.83 bits per heavy atom. The van der Waals surface area contributed by atoms with Crippen LogP contribution in [0.4, 0.5) is 5.69 Å². The quantitative estimate of drug-likeness (QED) is 0.773. The molecule has 0 fully saturated rings. The molecule has 3 rings (SSSR count). The number of para-hydroxylation sites is 1. The van der Waals surface area contributed by atoms with Gasteiger partial charge in [0.05, 0.1) is 23.0 Å². The van der Waals surface area contributed by atoms with E-state index in [1.54, 1.807) is 23.9 Å². The number of nitrogens with one attached hydrogen (secondary N) is 1. The van der Waals surface area contributed by atoms with Crippen molar-refractivity contribution in [1.82, 2.24) is 9.78 Å². The lowest BCUT2D eigenvalue weighted by molar-refractivity contribution is 0.0696. The van der Waals surface area contributed by atoms with Gasteiger partial charge in [0.1, 0.15) is 0 Å². The molecule has 2 N–H and O–H groups in total. The van der Waals surface area contributed by atoms with Gasteiger partial charge in [0.25, 0.3) is 5.91 Å². The predicted molar refractivity (Wildman–Crippen MR) is 89.7 cm³/mol. The van der Waals surface area contributed by atoms with Crippen LogP contribution in [0.2, 0.25) is 0 Å². The number of hydrogen-bond acceptors (Lipinski definition) is 3. The maximum absolute atomic E-state index is 12.4. The van der Waals surface area contributed by atoms with Crippen molar-refractivity contribution < 1.29 is 14.7 Å². The normalized spacial score (nSPS) is 10.4. The number of carbonyl (C=O) groups is 2. The standard InChI is InChI=1S/C18H15N3O3/c1-12-7-8-13(18(23)24)9-16(12)20-17(22)14-10-19-21(11-14)15-5-3-2-4-6-15/h2-11H,1H3,(H,20,22)(H,23,24). The van der Waals surface area contributed by atoms with Crippen molar-refractivity contribution in [3.05, 3.63) is 77.6 Å². The summed E-state index contributed by atoms with van der Waals surface area (Å²) in [4.78, 5) is 23.4. The fourth-order valence-corrected chi connectivity index (χ4v) is 2.25. The molecular formula is C18H15N3O3. The lowest BCUT2D eigenvalue weighted by atomic mass is 10.1. The molecule has 0 saturated heterocycles. The zero-order chi connectivity index (χ0) is 17.1. The summed E-state index contributed by atoms with van der Waals surface area (Å²) in [5, 5.41) is 16.0. The van der Waals surface area contributed by atoms with Crippen molar-refractivity contribution in [3.8, 4) is 5.69 Å². The molecular weight excluding hydrogens is 306 g/mol. The number of aryl methyl sites for hydroxylation is 1. The molecule has 6 heteroatoms. The number of hydrogen-bond donors (Lipinski definition) is 2. The first-order chi connectivity index (χ1) is 11.5. The van der Waals surface area contributed by atoms with Crippen LogP contribution in [0.5, 0.6) is 0 Å². The number of aromatic carboxylic acids is 1. The van der Waals surface area contributed by atoms with E-state index in [1.807, 2.05) is 30.3 Å². The minimum absolute atomic E-state index is 0.121. The molecule has 6 nitrogen and oxygen atoms in total. The van der Waals surface area contributed by atoms with Gasteiger partial charge in [-0.2, -0.15) is 5.10 Å². The molecule has 0 unspecified atom stereocenters. The second-order valence-corrected chi connectivity index (χ2v) is 5.30. The summed E-state index contributed by atoms with van der Waals surface area (Å²) in [6.45, 7) is 1.80. The van der Waals surface area contributed by atoms with Crippen molar-refractivity contribution in [2.75, 3.05) is 5.32 Å². The Labute approximate surface area is 138 Å². The largest absolute Gasteiger partial charge is 0.478 e. The number of carboxylic acids is 1. The topological polar surface area (TPSA) is 84.2 Å². The molecule has 0 saturated carbocycles. The Bertz CT molecular complexity index is 901. The van der Waals surface area contributed by atoms with E-state index >= 15 is 0 Å². The monoisotopic (exact) mass is 321 g/mol. The van der Waals surface area contributed by atoms with E-state index in [2.05, 4.69) is 10.4 Å². The molecule has 0 aliphatic heterocycles. The van der Waals surface area contributed by atoms with Crippen molar-refractivity contribution in [2.45, 2.75) is 6.92 Å². The van der Waals surface area contributed by atoms with Crippen LogP contribution in [0.1, 0.15) is 26.3 Å². The zero-order valence-corrected chi connectivity index (χ0v) is 12.9. The van der Waals surface area contributed by atoms with Crippen LogP contribution >= 0.6 is 0 Å². The molecule has 0 radical (unpaired) electrons. The summed E-state index contributed by atoms with van der Waals surface area (Å²) < 4.78 is 1.61. The molecule has 120 valence electrons. The first-order valence-corrected chi connectivity index (χ1v) is 7.30. The number of benzene rings is 2. The van der Waals surface area contributed by atoms with Crippen LogP contribution in [0.15, 0.2) is 60.9 Å². The predicted octanol–water partition coefficient (Wildman–Crippen LogP) is 3.13. The smallest absolute Gasteiger partial charge is 0.335 e. The first-order valence-electron chi connectivity index (χ1n) is 7.30. The number of rotatable bonds is 4. The van der Waals surface area contributed by atoms with Crippen LogP contribution in [-0.2, 0) is 0 Å². The second kappa shape index (κ2) is 6.37. The lowest BCUT2D eigenvalue weighted by Crippen LogP contribution is -2.13. The van der Waals surface area contributed by atoms with E-state index in [0.717, 1.165) is 11.3 Å². The van der Waals surface area contributed by atoms with Crippen molar-refractivity contribution >= 4 is 17.6 Å². The third kappa shape index (κ3) is 3.17. The van der Waals surface area contributed by atoms with Gasteiger partial charge in [-0.05, 0) is 36.8 Å². The highest BCUT2D eigenvalue weighted by Crippen LogP contribution is 2.18. The van der Waals surface area contributed by atoms with Gasteiger partial charge < -0.3 is 10.4 Å². The van der Waals surface area contributed by atoms with E-state index in [4.69, 9.17) is 5.11 Å². The summed E-state index contributed by atoms with van der Waals surface area (Å²) in [6.07, 6.45) is 3.10. The average Bonchev–Trinajstić information content (AvgIpc) is 3.07. The minimum atomic E-state index is -1.04. The number of carboxylic acid groups (broad SMARTS) is 1. The van der Waals surface area contributed by atoms with E-state index in [1.165, 1.54) is 18.3 Å². The summed E-state index contributed by atoms with van der Waals surface area (Å²) >= 11 is 0. The minimum Gasteiger partial charge on any atom is -0.478 e. The maximum atomic E-state index is 12.4. The lowest BCUT2D eigenvalue weighted by Gasteiger charge is -2.08. The summed E-state index contributed by atoms with van der Waals surface area (Å²) in [7, 11) is 0. The summed E-state index contributed by atoms with van der Waals surface area (Å²) in [6, 6.07) is 14.0. The molecule has 0 spiro atoms. The van der Waals surface area contributed by atoms with Crippen LogP contribution < -0.4 is 5.32 Å². The van der Waals surface area contributed by atoms with Crippen molar-refractivity contribution in [2.24, 2.45) is 0 Å². The van der Waals surface area contributed by atoms with Gasteiger partial charge in [-0.1, -0.05) is 24.3 Å². The molecule has 1 heterocycles. The maximum Gasteiger partial charge on any atom is 0.335 e. The fourth-order valence-electron chi connectivity index (χ4n) is 2.25. The molecule has 2 aromatic carbocycles. The van der Waals surface area contributed by atoms with Gasteiger partial charge >= 0.3 is 5.97 Å². The van der Waals surface area contributed by atoms with Crippen LogP contribution in [0.25, 0.3) is 5.69 Å². The van der Waals surface area contributed by atoms with Gasteiger partial charge in [-0.15, -0.1) is 0 Å².